The third-order valence-corrected chi connectivity index (χ3v) is 2.30. The van der Waals surface area contributed by atoms with Gasteiger partial charge in [0, 0.05) is 20.2 Å². The lowest BCUT2D eigenvalue weighted by atomic mass is 10.3. The quantitative estimate of drug-likeness (QED) is 0.565. The molecule has 3 N–H and O–H groups in total. The van der Waals surface area contributed by atoms with Crippen LogP contribution < -0.4 is 10.6 Å². The maximum atomic E-state index is 11.7. The topological polar surface area (TPSA) is 96.3 Å². The van der Waals surface area contributed by atoms with Crippen LogP contribution in [-0.2, 0) is 11.8 Å². The summed E-state index contributed by atoms with van der Waals surface area (Å²) in [4.78, 5) is 23.0. The second kappa shape index (κ2) is 6.75. The van der Waals surface area contributed by atoms with E-state index in [0.29, 0.717) is 18.7 Å². The van der Waals surface area contributed by atoms with Gasteiger partial charge in [-0.05, 0) is 19.4 Å². The van der Waals surface area contributed by atoms with E-state index in [1.54, 1.807) is 20.0 Å². The molecule has 0 spiro atoms. The number of nitrogens with zero attached hydrogens (tertiary/aromatic N) is 2. The van der Waals surface area contributed by atoms with Crippen LogP contribution in [0.15, 0.2) is 6.07 Å². The lowest BCUT2D eigenvalue weighted by molar-refractivity contribution is -0.120. The number of hydrogen-bond donors (Lipinski definition) is 3. The van der Waals surface area contributed by atoms with Crippen molar-refractivity contribution in [1.29, 1.82) is 0 Å². The summed E-state index contributed by atoms with van der Waals surface area (Å²) in [5, 5.41) is 17.7. The first-order valence-electron chi connectivity index (χ1n) is 5.71. The fraction of sp³-hybridized carbons (Fsp3) is 0.545. The lowest BCUT2D eigenvalue weighted by Gasteiger charge is -2.06. The smallest absolute Gasteiger partial charge is 0.269 e. The fourth-order valence-electron chi connectivity index (χ4n) is 1.44. The predicted octanol–water partition coefficient (Wildman–Crippen LogP) is -1.04. The summed E-state index contributed by atoms with van der Waals surface area (Å²) < 4.78 is 1.47. The molecular formula is C11H18N4O3. The van der Waals surface area contributed by atoms with E-state index in [1.807, 2.05) is 0 Å². The van der Waals surface area contributed by atoms with E-state index in [-0.39, 0.29) is 25.0 Å². The molecule has 1 aromatic heterocycles. The summed E-state index contributed by atoms with van der Waals surface area (Å²) in [7, 11) is 1.67. The van der Waals surface area contributed by atoms with Gasteiger partial charge in [0.15, 0.2) is 0 Å². The van der Waals surface area contributed by atoms with Crippen LogP contribution in [0.5, 0.6) is 0 Å². The molecule has 1 rings (SSSR count). The van der Waals surface area contributed by atoms with Crippen LogP contribution in [0.2, 0.25) is 0 Å². The number of carbonyl (C=O) groups is 2. The maximum absolute atomic E-state index is 11.7. The zero-order chi connectivity index (χ0) is 13.5. The highest BCUT2D eigenvalue weighted by Crippen LogP contribution is 2.00. The Morgan fingerprint density at radius 3 is 2.72 bits per heavy atom. The van der Waals surface area contributed by atoms with Gasteiger partial charge in [-0.1, -0.05) is 0 Å². The van der Waals surface area contributed by atoms with Crippen LogP contribution in [0.3, 0.4) is 0 Å². The van der Waals surface area contributed by atoms with Crippen molar-refractivity contribution in [3.8, 4) is 0 Å². The Hall–Kier alpha value is -1.89. The van der Waals surface area contributed by atoms with Gasteiger partial charge < -0.3 is 15.7 Å². The number of aryl methyl sites for hydroxylation is 2. The van der Waals surface area contributed by atoms with Gasteiger partial charge in [-0.15, -0.1) is 0 Å². The highest BCUT2D eigenvalue weighted by molar-refractivity contribution is 5.95. The molecule has 0 atom stereocenters. The minimum Gasteiger partial charge on any atom is -0.396 e. The van der Waals surface area contributed by atoms with Crippen LogP contribution in [0.25, 0.3) is 0 Å². The molecular weight excluding hydrogens is 236 g/mol. The van der Waals surface area contributed by atoms with Crippen molar-refractivity contribution in [3.63, 3.8) is 0 Å². The molecule has 0 bridgehead atoms. The maximum Gasteiger partial charge on any atom is 0.269 e. The molecule has 0 saturated heterocycles. The lowest BCUT2D eigenvalue weighted by Crippen LogP contribution is -2.38. The number of carbonyl (C=O) groups excluding carboxylic acids is 2. The number of aliphatic hydroxyl groups excluding tert-OH is 1. The summed E-state index contributed by atoms with van der Waals surface area (Å²) in [6, 6.07) is 1.65. The first-order valence-corrected chi connectivity index (χ1v) is 5.71. The van der Waals surface area contributed by atoms with E-state index >= 15 is 0 Å². The third-order valence-electron chi connectivity index (χ3n) is 2.30. The highest BCUT2D eigenvalue weighted by Gasteiger charge is 2.12. The molecule has 0 aliphatic rings. The Morgan fingerprint density at radius 1 is 1.44 bits per heavy atom. The van der Waals surface area contributed by atoms with E-state index in [0.717, 1.165) is 5.69 Å². The van der Waals surface area contributed by atoms with Crippen LogP contribution >= 0.6 is 0 Å². The average Bonchev–Trinajstić information content (AvgIpc) is 2.66. The molecule has 1 aromatic rings. The van der Waals surface area contributed by atoms with Gasteiger partial charge >= 0.3 is 0 Å². The monoisotopic (exact) mass is 254 g/mol. The Balaban J connectivity index is 2.37. The normalized spacial score (nSPS) is 10.2. The van der Waals surface area contributed by atoms with Gasteiger partial charge in [-0.2, -0.15) is 5.10 Å². The Morgan fingerprint density at radius 2 is 2.17 bits per heavy atom. The summed E-state index contributed by atoms with van der Waals surface area (Å²) >= 11 is 0. The largest absolute Gasteiger partial charge is 0.396 e. The van der Waals surface area contributed by atoms with Crippen LogP contribution in [0.1, 0.15) is 22.6 Å². The first kappa shape index (κ1) is 14.2. The molecule has 0 unspecified atom stereocenters. The van der Waals surface area contributed by atoms with Gasteiger partial charge in [-0.25, -0.2) is 0 Å². The fourth-order valence-corrected chi connectivity index (χ4v) is 1.44. The van der Waals surface area contributed by atoms with E-state index in [4.69, 9.17) is 5.11 Å². The minimum absolute atomic E-state index is 0.0287. The molecule has 100 valence electrons. The number of hydrogen-bond acceptors (Lipinski definition) is 4. The second-order valence-electron chi connectivity index (χ2n) is 3.90. The molecule has 0 aliphatic carbocycles. The molecule has 7 nitrogen and oxygen atoms in total. The molecule has 0 radical (unpaired) electrons. The SMILES string of the molecule is Cc1cc(C(=O)NCC(=O)NCCCO)n(C)n1. The van der Waals surface area contributed by atoms with Crippen molar-refractivity contribution in [2.75, 3.05) is 19.7 Å². The highest BCUT2D eigenvalue weighted by atomic mass is 16.3. The minimum atomic E-state index is -0.338. The van der Waals surface area contributed by atoms with Crippen molar-refractivity contribution in [1.82, 2.24) is 20.4 Å². The van der Waals surface area contributed by atoms with E-state index < -0.39 is 0 Å². The zero-order valence-electron chi connectivity index (χ0n) is 10.6. The van der Waals surface area contributed by atoms with E-state index in [9.17, 15) is 9.59 Å². The van der Waals surface area contributed by atoms with Crippen molar-refractivity contribution in [2.45, 2.75) is 13.3 Å². The number of aliphatic hydroxyl groups is 1. The van der Waals surface area contributed by atoms with Crippen molar-refractivity contribution in [3.05, 3.63) is 17.5 Å². The summed E-state index contributed by atoms with van der Waals surface area (Å²) in [6.07, 6.45) is 0.501. The van der Waals surface area contributed by atoms with Gasteiger partial charge in [0.05, 0.1) is 12.2 Å². The second-order valence-corrected chi connectivity index (χ2v) is 3.90. The summed E-state index contributed by atoms with van der Waals surface area (Å²) in [5.41, 5.74) is 1.16. The molecule has 0 fully saturated rings. The van der Waals surface area contributed by atoms with Gasteiger partial charge in [0.1, 0.15) is 5.69 Å². The first-order chi connectivity index (χ1) is 8.54. The number of amides is 2. The number of nitrogens with one attached hydrogen (secondary N) is 2. The third kappa shape index (κ3) is 4.17. The van der Waals surface area contributed by atoms with Crippen molar-refractivity contribution >= 4 is 11.8 Å². The van der Waals surface area contributed by atoms with Gasteiger partial charge in [0.2, 0.25) is 5.91 Å². The molecule has 7 heteroatoms. The Kier molecular flexibility index (Phi) is 5.31. The number of aromatic nitrogens is 2. The molecule has 18 heavy (non-hydrogen) atoms. The molecule has 1 heterocycles. The van der Waals surface area contributed by atoms with E-state index in [1.165, 1.54) is 4.68 Å². The summed E-state index contributed by atoms with van der Waals surface area (Å²) in [5.74, 6) is -0.619. The average molecular weight is 254 g/mol. The standard InChI is InChI=1S/C11H18N4O3/c1-8-6-9(15(2)14-8)11(18)13-7-10(17)12-4-3-5-16/h6,16H,3-5,7H2,1-2H3,(H,12,17)(H,13,18). The van der Waals surface area contributed by atoms with Crippen LogP contribution in [0.4, 0.5) is 0 Å². The van der Waals surface area contributed by atoms with Crippen molar-refractivity contribution in [2.24, 2.45) is 7.05 Å². The van der Waals surface area contributed by atoms with Crippen molar-refractivity contribution < 1.29 is 14.7 Å². The summed E-state index contributed by atoms with van der Waals surface area (Å²) in [6.45, 7) is 2.13. The van der Waals surface area contributed by atoms with Crippen LogP contribution in [-0.4, -0.2) is 46.4 Å². The van der Waals surface area contributed by atoms with E-state index in [2.05, 4.69) is 15.7 Å². The Bertz CT molecular complexity index is 428. The molecule has 0 saturated carbocycles. The predicted molar refractivity (Wildman–Crippen MR) is 65.0 cm³/mol. The number of rotatable bonds is 6. The Labute approximate surface area is 105 Å². The molecule has 2 amide bonds. The zero-order valence-corrected chi connectivity index (χ0v) is 10.6. The van der Waals surface area contributed by atoms with Gasteiger partial charge in [-0.3, -0.25) is 14.3 Å². The van der Waals surface area contributed by atoms with Gasteiger partial charge in [0.25, 0.3) is 5.91 Å². The molecule has 0 aliphatic heterocycles. The van der Waals surface area contributed by atoms with Crippen LogP contribution in [0, 0.1) is 6.92 Å². The molecule has 0 aromatic carbocycles.